The minimum absolute atomic E-state index is 0.0782. The van der Waals surface area contributed by atoms with Gasteiger partial charge in [-0.15, -0.1) is 0 Å². The molecule has 0 saturated carbocycles. The second-order valence-electron chi connectivity index (χ2n) is 6.40. The van der Waals surface area contributed by atoms with E-state index in [1.165, 1.54) is 0 Å². The number of rotatable bonds is 9. The summed E-state index contributed by atoms with van der Waals surface area (Å²) in [7, 11) is 0. The van der Waals surface area contributed by atoms with Gasteiger partial charge in [-0.25, -0.2) is 0 Å². The number of carbonyl (C=O) groups is 3. The van der Waals surface area contributed by atoms with Crippen LogP contribution in [0.2, 0.25) is 0 Å². The van der Waals surface area contributed by atoms with Gasteiger partial charge in [0.05, 0.1) is 18.7 Å². The molecule has 1 heterocycles. The third-order valence-corrected chi connectivity index (χ3v) is 4.36. The Morgan fingerprint density at radius 3 is 2.63 bits per heavy atom. The smallest absolute Gasteiger partial charge is 0.307 e. The van der Waals surface area contributed by atoms with Crippen LogP contribution in [0.5, 0.6) is 5.75 Å². The molecule has 0 radical (unpaired) electrons. The van der Waals surface area contributed by atoms with E-state index < -0.39 is 6.10 Å². The fourth-order valence-electron chi connectivity index (χ4n) is 3.05. The maximum Gasteiger partial charge on any atom is 0.307 e. The van der Waals surface area contributed by atoms with Crippen molar-refractivity contribution in [3.8, 4) is 5.75 Å². The minimum atomic E-state index is -0.578. The van der Waals surface area contributed by atoms with Gasteiger partial charge in [-0.1, -0.05) is 19.1 Å². The maximum atomic E-state index is 12.7. The normalized spacial score (nSPS) is 15.7. The molecule has 7 heteroatoms. The van der Waals surface area contributed by atoms with E-state index in [9.17, 15) is 14.4 Å². The van der Waals surface area contributed by atoms with Crippen molar-refractivity contribution in [3.05, 3.63) is 24.3 Å². The molecule has 27 heavy (non-hydrogen) atoms. The molecule has 0 fully saturated rings. The lowest BCUT2D eigenvalue weighted by Gasteiger charge is -2.33. The molecular weight excluding hydrogens is 348 g/mol. The third-order valence-electron chi connectivity index (χ3n) is 4.36. The first-order valence-electron chi connectivity index (χ1n) is 9.48. The summed E-state index contributed by atoms with van der Waals surface area (Å²) in [6.45, 7) is 6.95. The highest BCUT2D eigenvalue weighted by molar-refractivity contribution is 6.00. The van der Waals surface area contributed by atoms with Crippen molar-refractivity contribution in [1.82, 2.24) is 4.90 Å². The lowest BCUT2D eigenvalue weighted by molar-refractivity contribution is -0.144. The molecule has 1 aromatic carbocycles. The maximum absolute atomic E-state index is 12.7. The molecule has 0 aromatic heterocycles. The first kappa shape index (κ1) is 20.7. The molecule has 2 rings (SSSR count). The molecule has 0 aliphatic carbocycles. The van der Waals surface area contributed by atoms with E-state index >= 15 is 0 Å². The summed E-state index contributed by atoms with van der Waals surface area (Å²) in [4.78, 5) is 40.0. The zero-order chi connectivity index (χ0) is 19.8. The number of benzene rings is 1. The lowest BCUT2D eigenvalue weighted by Crippen LogP contribution is -2.46. The second kappa shape index (κ2) is 9.94. The molecule has 0 N–H and O–H groups in total. The fourth-order valence-corrected chi connectivity index (χ4v) is 3.05. The van der Waals surface area contributed by atoms with Crippen LogP contribution in [0.1, 0.15) is 40.0 Å². The molecule has 1 aliphatic rings. The van der Waals surface area contributed by atoms with E-state index in [1.807, 2.05) is 31.2 Å². The Kier molecular flexibility index (Phi) is 7.64. The number of ether oxygens (including phenoxy) is 2. The molecule has 1 aliphatic heterocycles. The zero-order valence-corrected chi connectivity index (χ0v) is 16.3. The monoisotopic (exact) mass is 376 g/mol. The molecule has 0 spiro atoms. The van der Waals surface area contributed by atoms with Crippen LogP contribution >= 0.6 is 0 Å². The Labute approximate surface area is 160 Å². The van der Waals surface area contributed by atoms with E-state index in [0.29, 0.717) is 31.1 Å². The van der Waals surface area contributed by atoms with Gasteiger partial charge in [-0.05, 0) is 32.4 Å². The number of carbonyl (C=O) groups excluding carboxylic acids is 3. The third kappa shape index (κ3) is 5.45. The van der Waals surface area contributed by atoms with Crippen molar-refractivity contribution < 1.29 is 23.9 Å². The summed E-state index contributed by atoms with van der Waals surface area (Å²) >= 11 is 0. The van der Waals surface area contributed by atoms with Crippen LogP contribution in [-0.2, 0) is 19.1 Å². The Balaban J connectivity index is 1.99. The van der Waals surface area contributed by atoms with Crippen molar-refractivity contribution in [3.63, 3.8) is 0 Å². The van der Waals surface area contributed by atoms with Crippen LogP contribution in [-0.4, -0.2) is 55.0 Å². The predicted octanol–water partition coefficient (Wildman–Crippen LogP) is 2.38. The van der Waals surface area contributed by atoms with Gasteiger partial charge in [0.1, 0.15) is 5.75 Å². The Morgan fingerprint density at radius 1 is 1.19 bits per heavy atom. The van der Waals surface area contributed by atoms with Crippen molar-refractivity contribution in [1.29, 1.82) is 0 Å². The van der Waals surface area contributed by atoms with Crippen molar-refractivity contribution in [2.75, 3.05) is 31.1 Å². The van der Waals surface area contributed by atoms with Crippen molar-refractivity contribution in [2.45, 2.75) is 46.1 Å². The molecular formula is C20H28N2O5. The summed E-state index contributed by atoms with van der Waals surface area (Å²) in [6, 6.07) is 7.32. The average Bonchev–Trinajstić information content (AvgIpc) is 2.65. The van der Waals surface area contributed by atoms with Crippen LogP contribution in [0.25, 0.3) is 0 Å². The largest absolute Gasteiger partial charge is 0.479 e. The molecule has 0 bridgehead atoms. The summed E-state index contributed by atoms with van der Waals surface area (Å²) in [6.07, 6.45) is 0.585. The van der Waals surface area contributed by atoms with Crippen LogP contribution in [0.3, 0.4) is 0 Å². The van der Waals surface area contributed by atoms with Crippen LogP contribution < -0.4 is 9.64 Å². The van der Waals surface area contributed by atoms with E-state index in [2.05, 4.69) is 0 Å². The second-order valence-corrected chi connectivity index (χ2v) is 6.40. The molecule has 1 unspecified atom stereocenters. The number of para-hydroxylation sites is 2. The van der Waals surface area contributed by atoms with E-state index in [-0.39, 0.29) is 37.2 Å². The Bertz CT molecular complexity index is 676. The van der Waals surface area contributed by atoms with Gasteiger partial charge in [0.25, 0.3) is 5.91 Å². The Morgan fingerprint density at radius 2 is 1.93 bits per heavy atom. The van der Waals surface area contributed by atoms with Gasteiger partial charge in [-0.3, -0.25) is 14.4 Å². The van der Waals surface area contributed by atoms with Gasteiger partial charge >= 0.3 is 5.97 Å². The molecule has 2 amide bonds. The molecule has 1 aromatic rings. The topological polar surface area (TPSA) is 76.2 Å². The van der Waals surface area contributed by atoms with Gasteiger partial charge in [0.2, 0.25) is 5.91 Å². The van der Waals surface area contributed by atoms with E-state index in [0.717, 1.165) is 6.42 Å². The van der Waals surface area contributed by atoms with E-state index in [4.69, 9.17) is 9.47 Å². The van der Waals surface area contributed by atoms with Gasteiger partial charge < -0.3 is 19.3 Å². The SMILES string of the molecule is CCCN(CCC(=O)OCC)C(=O)CCN1C(=O)C(C)Oc2ccccc21. The predicted molar refractivity (Wildman–Crippen MR) is 102 cm³/mol. The standard InChI is InChI=1S/C20H28N2O5/c1-4-12-21(13-11-19(24)26-5-2)18(23)10-14-22-16-8-6-7-9-17(16)27-15(3)20(22)25/h6-9,15H,4-5,10-14H2,1-3H3. The summed E-state index contributed by atoms with van der Waals surface area (Å²) in [5.74, 6) is 0.0999. The highest BCUT2D eigenvalue weighted by Crippen LogP contribution is 2.33. The van der Waals surface area contributed by atoms with Crippen LogP contribution in [0, 0.1) is 0 Å². The number of hydrogen-bond donors (Lipinski definition) is 0. The Hall–Kier alpha value is -2.57. The summed E-state index contributed by atoms with van der Waals surface area (Å²) in [5.41, 5.74) is 0.682. The average molecular weight is 376 g/mol. The van der Waals surface area contributed by atoms with Crippen molar-refractivity contribution in [2.24, 2.45) is 0 Å². The first-order chi connectivity index (χ1) is 13.0. The summed E-state index contributed by atoms with van der Waals surface area (Å²) in [5, 5.41) is 0. The highest BCUT2D eigenvalue weighted by Gasteiger charge is 2.31. The van der Waals surface area contributed by atoms with Crippen molar-refractivity contribution >= 4 is 23.5 Å². The minimum Gasteiger partial charge on any atom is -0.479 e. The van der Waals surface area contributed by atoms with Crippen LogP contribution in [0.15, 0.2) is 24.3 Å². The number of esters is 1. The fraction of sp³-hybridized carbons (Fsp3) is 0.550. The molecule has 1 atom stereocenters. The highest BCUT2D eigenvalue weighted by atomic mass is 16.5. The summed E-state index contributed by atoms with van der Waals surface area (Å²) < 4.78 is 10.5. The number of nitrogens with zero attached hydrogens (tertiary/aromatic N) is 2. The molecule has 0 saturated heterocycles. The number of amides is 2. The quantitative estimate of drug-likeness (QED) is 0.619. The number of fused-ring (bicyclic) bond motifs is 1. The lowest BCUT2D eigenvalue weighted by atomic mass is 10.1. The molecule has 148 valence electrons. The molecule has 7 nitrogen and oxygen atoms in total. The zero-order valence-electron chi connectivity index (χ0n) is 16.3. The number of anilines is 1. The van der Waals surface area contributed by atoms with Gasteiger partial charge in [0, 0.05) is 26.1 Å². The number of hydrogen-bond acceptors (Lipinski definition) is 5. The first-order valence-corrected chi connectivity index (χ1v) is 9.48. The van der Waals surface area contributed by atoms with Crippen LogP contribution in [0.4, 0.5) is 5.69 Å². The van der Waals surface area contributed by atoms with Gasteiger partial charge in [-0.2, -0.15) is 0 Å². The van der Waals surface area contributed by atoms with E-state index in [1.54, 1.807) is 23.6 Å². The van der Waals surface area contributed by atoms with Gasteiger partial charge in [0.15, 0.2) is 6.10 Å².